The Kier molecular flexibility index (Phi) is 6.92. The van der Waals surface area contributed by atoms with Gasteiger partial charge in [-0.1, -0.05) is 35.9 Å². The molecule has 2 aromatic rings. The second kappa shape index (κ2) is 9.15. The molecule has 0 aliphatic rings. The summed E-state index contributed by atoms with van der Waals surface area (Å²) < 4.78 is 4.96. The molecule has 0 aliphatic carbocycles. The van der Waals surface area contributed by atoms with E-state index in [1.54, 1.807) is 36.4 Å². The molecule has 1 amide bonds. The van der Waals surface area contributed by atoms with Crippen molar-refractivity contribution in [1.29, 1.82) is 0 Å². The molecule has 26 heavy (non-hydrogen) atoms. The van der Waals surface area contributed by atoms with Gasteiger partial charge in [-0.15, -0.1) is 0 Å². The Balaban J connectivity index is 1.76. The minimum Gasteiger partial charge on any atom is -0.457 e. The van der Waals surface area contributed by atoms with E-state index in [1.807, 2.05) is 19.9 Å². The van der Waals surface area contributed by atoms with Gasteiger partial charge in [0.2, 0.25) is 5.91 Å². The van der Waals surface area contributed by atoms with Crippen molar-refractivity contribution in [3.63, 3.8) is 0 Å². The van der Waals surface area contributed by atoms with Gasteiger partial charge in [0.15, 0.2) is 12.4 Å². The largest absolute Gasteiger partial charge is 0.457 e. The number of ketones is 1. The third-order valence-electron chi connectivity index (χ3n) is 3.90. The molecule has 2 aromatic carbocycles. The highest BCUT2D eigenvalue weighted by atomic mass is 35.5. The van der Waals surface area contributed by atoms with Crippen LogP contribution in [-0.4, -0.2) is 24.3 Å². The van der Waals surface area contributed by atoms with Crippen molar-refractivity contribution in [2.24, 2.45) is 0 Å². The number of ether oxygens (including phenoxy) is 1. The first kappa shape index (κ1) is 19.7. The molecular formula is C20H20ClNO4. The van der Waals surface area contributed by atoms with Gasteiger partial charge in [-0.3, -0.25) is 14.4 Å². The number of aryl methyl sites for hydroxylation is 2. The molecule has 5 nitrogen and oxygen atoms in total. The van der Waals surface area contributed by atoms with Gasteiger partial charge in [-0.2, -0.15) is 0 Å². The molecule has 136 valence electrons. The fourth-order valence-corrected chi connectivity index (χ4v) is 2.39. The maximum Gasteiger partial charge on any atom is 0.306 e. The highest BCUT2D eigenvalue weighted by Crippen LogP contribution is 2.20. The Morgan fingerprint density at radius 3 is 2.42 bits per heavy atom. The molecule has 1 N–H and O–H groups in total. The second-order valence-corrected chi connectivity index (χ2v) is 6.32. The number of nitrogens with one attached hydrogen (secondary N) is 1. The minimum absolute atomic E-state index is 0.0537. The van der Waals surface area contributed by atoms with E-state index in [9.17, 15) is 14.4 Å². The van der Waals surface area contributed by atoms with Gasteiger partial charge >= 0.3 is 5.97 Å². The van der Waals surface area contributed by atoms with E-state index in [-0.39, 0.29) is 31.1 Å². The van der Waals surface area contributed by atoms with Crippen LogP contribution in [0.2, 0.25) is 5.02 Å². The van der Waals surface area contributed by atoms with Crippen molar-refractivity contribution in [2.75, 3.05) is 11.9 Å². The molecular weight excluding hydrogens is 354 g/mol. The molecule has 0 heterocycles. The van der Waals surface area contributed by atoms with E-state index in [0.29, 0.717) is 16.3 Å². The molecule has 0 aliphatic heterocycles. The summed E-state index contributed by atoms with van der Waals surface area (Å²) in [7, 11) is 0. The van der Waals surface area contributed by atoms with Crippen LogP contribution in [0.15, 0.2) is 42.5 Å². The van der Waals surface area contributed by atoms with E-state index in [1.165, 1.54) is 0 Å². The van der Waals surface area contributed by atoms with Crippen molar-refractivity contribution in [2.45, 2.75) is 26.7 Å². The summed E-state index contributed by atoms with van der Waals surface area (Å²) in [6.07, 6.45) is -0.168. The molecule has 6 heteroatoms. The number of Topliss-reactive ketones (excluding diaryl/α,β-unsaturated/α-hetero) is 1. The van der Waals surface area contributed by atoms with E-state index in [4.69, 9.17) is 16.3 Å². The summed E-state index contributed by atoms with van der Waals surface area (Å²) in [5.74, 6) is -1.23. The molecule has 2 rings (SSSR count). The lowest BCUT2D eigenvalue weighted by molar-refractivity contribution is -0.143. The van der Waals surface area contributed by atoms with Gasteiger partial charge in [-0.05, 0) is 43.2 Å². The number of hydrogen-bond acceptors (Lipinski definition) is 4. The van der Waals surface area contributed by atoms with Crippen LogP contribution in [0.25, 0.3) is 0 Å². The first-order chi connectivity index (χ1) is 12.4. The maximum atomic E-state index is 12.1. The van der Waals surface area contributed by atoms with E-state index >= 15 is 0 Å². The molecule has 0 radical (unpaired) electrons. The molecule has 0 aromatic heterocycles. The van der Waals surface area contributed by atoms with Crippen molar-refractivity contribution in [1.82, 2.24) is 0 Å². The van der Waals surface area contributed by atoms with Crippen LogP contribution in [0.4, 0.5) is 5.69 Å². The number of carbonyl (C=O) groups is 3. The standard InChI is InChI=1S/C20H20ClNO4/c1-13-7-8-15(11-14(13)2)18(23)12-26-20(25)10-9-19(24)22-17-6-4-3-5-16(17)21/h3-8,11H,9-10,12H2,1-2H3,(H,22,24). The number of benzene rings is 2. The summed E-state index contributed by atoms with van der Waals surface area (Å²) in [5, 5.41) is 3.04. The van der Waals surface area contributed by atoms with Crippen LogP contribution in [0, 0.1) is 13.8 Å². The Hall–Kier alpha value is -2.66. The summed E-state index contributed by atoms with van der Waals surface area (Å²) in [6, 6.07) is 12.1. The zero-order chi connectivity index (χ0) is 19.1. The van der Waals surface area contributed by atoms with Gasteiger partial charge in [0, 0.05) is 12.0 Å². The Labute approximate surface area is 157 Å². The number of rotatable bonds is 7. The molecule has 0 bridgehead atoms. The minimum atomic E-state index is -0.600. The third-order valence-corrected chi connectivity index (χ3v) is 4.23. The van der Waals surface area contributed by atoms with E-state index in [0.717, 1.165) is 11.1 Å². The summed E-state index contributed by atoms with van der Waals surface area (Å²) in [5.41, 5.74) is 3.07. The molecule has 0 unspecified atom stereocenters. The number of halogens is 1. The highest BCUT2D eigenvalue weighted by molar-refractivity contribution is 6.33. The van der Waals surface area contributed by atoms with Crippen molar-refractivity contribution < 1.29 is 19.1 Å². The highest BCUT2D eigenvalue weighted by Gasteiger charge is 2.13. The lowest BCUT2D eigenvalue weighted by Gasteiger charge is -2.08. The van der Waals surface area contributed by atoms with E-state index < -0.39 is 5.97 Å². The zero-order valence-electron chi connectivity index (χ0n) is 14.7. The Bertz CT molecular complexity index is 832. The van der Waals surface area contributed by atoms with Gasteiger partial charge in [0.05, 0.1) is 17.1 Å². The lowest BCUT2D eigenvalue weighted by atomic mass is 10.0. The summed E-state index contributed by atoms with van der Waals surface area (Å²) in [4.78, 5) is 35.7. The number of anilines is 1. The normalized spacial score (nSPS) is 10.3. The smallest absolute Gasteiger partial charge is 0.306 e. The first-order valence-electron chi connectivity index (χ1n) is 8.17. The fraction of sp³-hybridized carbons (Fsp3) is 0.250. The fourth-order valence-electron chi connectivity index (χ4n) is 2.21. The Morgan fingerprint density at radius 1 is 1.00 bits per heavy atom. The molecule has 0 fully saturated rings. The monoisotopic (exact) mass is 373 g/mol. The third kappa shape index (κ3) is 5.70. The van der Waals surface area contributed by atoms with Crippen LogP contribution >= 0.6 is 11.6 Å². The lowest BCUT2D eigenvalue weighted by Crippen LogP contribution is -2.17. The van der Waals surface area contributed by atoms with Crippen molar-refractivity contribution in [3.05, 3.63) is 64.2 Å². The average molecular weight is 374 g/mol. The van der Waals surface area contributed by atoms with Crippen LogP contribution in [0.5, 0.6) is 0 Å². The van der Waals surface area contributed by atoms with Gasteiger partial charge in [-0.25, -0.2) is 0 Å². The zero-order valence-corrected chi connectivity index (χ0v) is 15.4. The SMILES string of the molecule is Cc1ccc(C(=O)COC(=O)CCC(=O)Nc2ccccc2Cl)cc1C. The van der Waals surface area contributed by atoms with Gasteiger partial charge in [0.25, 0.3) is 0 Å². The van der Waals surface area contributed by atoms with Crippen molar-refractivity contribution >= 4 is 34.9 Å². The second-order valence-electron chi connectivity index (χ2n) is 5.91. The molecule has 0 saturated heterocycles. The summed E-state index contributed by atoms with van der Waals surface area (Å²) in [6.45, 7) is 3.53. The van der Waals surface area contributed by atoms with Crippen LogP contribution < -0.4 is 5.32 Å². The van der Waals surface area contributed by atoms with Crippen LogP contribution in [0.3, 0.4) is 0 Å². The van der Waals surface area contributed by atoms with E-state index in [2.05, 4.69) is 5.32 Å². The van der Waals surface area contributed by atoms with Crippen LogP contribution in [-0.2, 0) is 14.3 Å². The van der Waals surface area contributed by atoms with Gasteiger partial charge in [0.1, 0.15) is 0 Å². The molecule has 0 spiro atoms. The predicted octanol–water partition coefficient (Wildman–Crippen LogP) is 4.10. The average Bonchev–Trinajstić information content (AvgIpc) is 2.62. The molecule has 0 atom stereocenters. The number of esters is 1. The quantitative estimate of drug-likeness (QED) is 0.585. The Morgan fingerprint density at radius 2 is 1.73 bits per heavy atom. The number of para-hydroxylation sites is 1. The topological polar surface area (TPSA) is 72.5 Å². The number of carbonyl (C=O) groups excluding carboxylic acids is 3. The maximum absolute atomic E-state index is 12.1. The van der Waals surface area contributed by atoms with Crippen LogP contribution in [0.1, 0.15) is 34.3 Å². The predicted molar refractivity (Wildman–Crippen MR) is 101 cm³/mol. The van der Waals surface area contributed by atoms with Gasteiger partial charge < -0.3 is 10.1 Å². The number of amides is 1. The van der Waals surface area contributed by atoms with Crippen molar-refractivity contribution in [3.8, 4) is 0 Å². The molecule has 0 saturated carbocycles. The summed E-state index contributed by atoms with van der Waals surface area (Å²) >= 11 is 5.95. The first-order valence-corrected chi connectivity index (χ1v) is 8.55. The number of hydrogen-bond donors (Lipinski definition) is 1.